The van der Waals surface area contributed by atoms with E-state index in [9.17, 15) is 0 Å². The molecule has 3 nitrogen and oxygen atoms in total. The van der Waals surface area contributed by atoms with Crippen LogP contribution in [-0.2, 0) is 5.33 Å². The maximum absolute atomic E-state index is 5.23. The summed E-state index contributed by atoms with van der Waals surface area (Å²) in [5.41, 5.74) is 0.688. The highest BCUT2D eigenvalue weighted by Gasteiger charge is 2.50. The molecule has 1 aromatic rings. The maximum Gasteiger partial charge on any atom is 0.229 e. The number of rotatable bonds is 2. The number of alkyl halides is 1. The molecule has 4 heteroatoms. The standard InChI is InChI=1S/C10H13BrN2O/c11-6-8-12-9(14-13-8)7-4-10(5-7)2-1-3-10/h7H,1-6H2. The van der Waals surface area contributed by atoms with Crippen molar-refractivity contribution in [1.82, 2.24) is 10.1 Å². The largest absolute Gasteiger partial charge is 0.339 e. The SMILES string of the molecule is BrCc1noc(C2CC3(CCC3)C2)n1. The number of nitrogens with zero attached hydrogens (tertiary/aromatic N) is 2. The number of aromatic nitrogens is 2. The highest BCUT2D eigenvalue weighted by atomic mass is 79.9. The van der Waals surface area contributed by atoms with Gasteiger partial charge in [0.1, 0.15) is 0 Å². The average molecular weight is 257 g/mol. The number of hydrogen-bond donors (Lipinski definition) is 0. The Morgan fingerprint density at radius 3 is 2.71 bits per heavy atom. The van der Waals surface area contributed by atoms with Gasteiger partial charge in [-0.15, -0.1) is 0 Å². The van der Waals surface area contributed by atoms with Crippen molar-refractivity contribution in [2.45, 2.75) is 43.4 Å². The van der Waals surface area contributed by atoms with E-state index < -0.39 is 0 Å². The third kappa shape index (κ3) is 1.23. The molecule has 0 aromatic carbocycles. The third-order valence-corrected chi connectivity index (χ3v) is 4.23. The molecule has 0 saturated heterocycles. The Bertz CT molecular complexity index is 338. The van der Waals surface area contributed by atoms with E-state index in [1.807, 2.05) is 0 Å². The smallest absolute Gasteiger partial charge is 0.229 e. The Morgan fingerprint density at radius 1 is 1.43 bits per heavy atom. The van der Waals surface area contributed by atoms with Crippen LogP contribution in [-0.4, -0.2) is 10.1 Å². The molecular formula is C10H13BrN2O. The van der Waals surface area contributed by atoms with E-state index in [1.54, 1.807) is 0 Å². The van der Waals surface area contributed by atoms with Crippen LogP contribution >= 0.6 is 15.9 Å². The summed E-state index contributed by atoms with van der Waals surface area (Å²) in [5.74, 6) is 2.18. The van der Waals surface area contributed by atoms with Crippen molar-refractivity contribution in [3.05, 3.63) is 11.7 Å². The second-order valence-electron chi connectivity index (χ2n) is 4.64. The summed E-state index contributed by atoms with van der Waals surface area (Å²) in [6.45, 7) is 0. The minimum atomic E-state index is 0.551. The zero-order valence-electron chi connectivity index (χ0n) is 8.00. The predicted molar refractivity (Wildman–Crippen MR) is 55.2 cm³/mol. The van der Waals surface area contributed by atoms with Crippen LogP contribution in [0.1, 0.15) is 49.7 Å². The molecule has 0 bridgehead atoms. The van der Waals surface area contributed by atoms with E-state index in [0.717, 1.165) is 11.7 Å². The summed E-state index contributed by atoms with van der Waals surface area (Å²) in [6.07, 6.45) is 6.81. The van der Waals surface area contributed by atoms with Crippen molar-refractivity contribution in [2.75, 3.05) is 0 Å². The van der Waals surface area contributed by atoms with Gasteiger partial charge in [0.15, 0.2) is 5.82 Å². The predicted octanol–water partition coefficient (Wildman–Crippen LogP) is 3.01. The molecule has 1 aromatic heterocycles. The Kier molecular flexibility index (Phi) is 1.94. The maximum atomic E-state index is 5.23. The zero-order chi connectivity index (χ0) is 9.60. The van der Waals surface area contributed by atoms with E-state index >= 15 is 0 Å². The van der Waals surface area contributed by atoms with E-state index in [2.05, 4.69) is 26.1 Å². The van der Waals surface area contributed by atoms with Gasteiger partial charge in [0.05, 0.1) is 5.33 Å². The van der Waals surface area contributed by atoms with Gasteiger partial charge in [0.2, 0.25) is 5.89 Å². The van der Waals surface area contributed by atoms with Gasteiger partial charge in [-0.2, -0.15) is 4.98 Å². The lowest BCUT2D eigenvalue weighted by atomic mass is 9.52. The van der Waals surface area contributed by atoms with E-state index in [0.29, 0.717) is 16.7 Å². The van der Waals surface area contributed by atoms with E-state index in [-0.39, 0.29) is 0 Å². The quantitative estimate of drug-likeness (QED) is 0.764. The molecule has 1 heterocycles. The molecule has 3 rings (SSSR count). The number of hydrogen-bond acceptors (Lipinski definition) is 3. The lowest BCUT2D eigenvalue weighted by Gasteiger charge is -2.53. The van der Waals surface area contributed by atoms with Gasteiger partial charge in [-0.3, -0.25) is 0 Å². The molecule has 14 heavy (non-hydrogen) atoms. The molecular weight excluding hydrogens is 244 g/mol. The molecule has 0 N–H and O–H groups in total. The lowest BCUT2D eigenvalue weighted by molar-refractivity contribution is -0.00166. The van der Waals surface area contributed by atoms with Gasteiger partial charge in [-0.25, -0.2) is 0 Å². The van der Waals surface area contributed by atoms with Crippen LogP contribution in [0.2, 0.25) is 0 Å². The molecule has 0 radical (unpaired) electrons. The molecule has 0 unspecified atom stereocenters. The van der Waals surface area contributed by atoms with Crippen LogP contribution in [0.5, 0.6) is 0 Å². The average Bonchev–Trinajstić information content (AvgIpc) is 2.47. The van der Waals surface area contributed by atoms with Gasteiger partial charge in [-0.1, -0.05) is 27.5 Å². The zero-order valence-corrected chi connectivity index (χ0v) is 9.59. The van der Waals surface area contributed by atoms with Crippen LogP contribution in [0.15, 0.2) is 4.52 Å². The summed E-state index contributed by atoms with van der Waals surface area (Å²) in [4.78, 5) is 4.35. The molecule has 0 amide bonds. The summed E-state index contributed by atoms with van der Waals surface area (Å²) in [6, 6.07) is 0. The first-order valence-electron chi connectivity index (χ1n) is 5.20. The fourth-order valence-corrected chi connectivity index (χ4v) is 2.96. The molecule has 0 aliphatic heterocycles. The molecule has 2 fully saturated rings. The summed E-state index contributed by atoms with van der Waals surface area (Å²) in [5, 5.41) is 4.59. The van der Waals surface area contributed by atoms with Crippen molar-refractivity contribution in [3.8, 4) is 0 Å². The number of halogens is 1. The van der Waals surface area contributed by atoms with E-state index in [4.69, 9.17) is 4.52 Å². The van der Waals surface area contributed by atoms with Crippen LogP contribution in [0, 0.1) is 5.41 Å². The molecule has 76 valence electrons. The monoisotopic (exact) mass is 256 g/mol. The lowest BCUT2D eigenvalue weighted by Crippen LogP contribution is -2.41. The Morgan fingerprint density at radius 2 is 2.21 bits per heavy atom. The third-order valence-electron chi connectivity index (χ3n) is 3.73. The van der Waals surface area contributed by atoms with Crippen LogP contribution < -0.4 is 0 Å². The van der Waals surface area contributed by atoms with Crippen molar-refractivity contribution < 1.29 is 4.52 Å². The first kappa shape index (κ1) is 8.89. The van der Waals surface area contributed by atoms with Crippen LogP contribution in [0.25, 0.3) is 0 Å². The second-order valence-corrected chi connectivity index (χ2v) is 5.20. The molecule has 0 atom stereocenters. The first-order chi connectivity index (χ1) is 6.81. The van der Waals surface area contributed by atoms with Gasteiger partial charge < -0.3 is 4.52 Å². The van der Waals surface area contributed by atoms with Gasteiger partial charge >= 0.3 is 0 Å². The fourth-order valence-electron chi connectivity index (χ4n) is 2.73. The first-order valence-corrected chi connectivity index (χ1v) is 6.32. The van der Waals surface area contributed by atoms with Crippen molar-refractivity contribution in [1.29, 1.82) is 0 Å². The molecule has 2 saturated carbocycles. The summed E-state index contributed by atoms with van der Waals surface area (Å²) < 4.78 is 5.23. The molecule has 2 aliphatic rings. The van der Waals surface area contributed by atoms with Crippen molar-refractivity contribution in [3.63, 3.8) is 0 Å². The van der Waals surface area contributed by atoms with Crippen LogP contribution in [0.3, 0.4) is 0 Å². The Hall–Kier alpha value is -0.380. The normalized spacial score (nSPS) is 24.6. The topological polar surface area (TPSA) is 38.9 Å². The van der Waals surface area contributed by atoms with E-state index in [1.165, 1.54) is 32.1 Å². The Balaban J connectivity index is 1.67. The van der Waals surface area contributed by atoms with Crippen molar-refractivity contribution >= 4 is 15.9 Å². The highest BCUT2D eigenvalue weighted by Crippen LogP contribution is 2.61. The van der Waals surface area contributed by atoms with Gasteiger partial charge in [0.25, 0.3) is 0 Å². The minimum absolute atomic E-state index is 0.551. The molecule has 1 spiro atoms. The summed E-state index contributed by atoms with van der Waals surface area (Å²) >= 11 is 3.32. The summed E-state index contributed by atoms with van der Waals surface area (Å²) in [7, 11) is 0. The molecule has 2 aliphatic carbocycles. The van der Waals surface area contributed by atoms with Crippen LogP contribution in [0.4, 0.5) is 0 Å². The Labute approximate surface area is 91.4 Å². The fraction of sp³-hybridized carbons (Fsp3) is 0.800. The second kappa shape index (κ2) is 3.05. The highest BCUT2D eigenvalue weighted by molar-refractivity contribution is 9.08. The van der Waals surface area contributed by atoms with Gasteiger partial charge in [0, 0.05) is 5.92 Å². The van der Waals surface area contributed by atoms with Crippen molar-refractivity contribution in [2.24, 2.45) is 5.41 Å². The minimum Gasteiger partial charge on any atom is -0.339 e. The van der Waals surface area contributed by atoms with Gasteiger partial charge in [-0.05, 0) is 31.1 Å².